The number of allylic oxidation sites excluding steroid dienone is 5. The first-order valence-electron chi connectivity index (χ1n) is 13.7. The molecule has 0 aliphatic heterocycles. The van der Waals surface area contributed by atoms with E-state index in [1.807, 2.05) is 38.4 Å². The molecule has 0 saturated heterocycles. The monoisotopic (exact) mass is 546 g/mol. The highest BCUT2D eigenvalue weighted by molar-refractivity contribution is 6.07. The lowest BCUT2D eigenvalue weighted by atomic mass is 9.64. The maximum atomic E-state index is 11.4. The highest BCUT2D eigenvalue weighted by atomic mass is 16.4. The number of carboxylic acids is 2. The Labute approximate surface area is 240 Å². The summed E-state index contributed by atoms with van der Waals surface area (Å²) in [4.78, 5) is 25.0. The number of carbonyl (C=O) groups is 2. The number of aromatic carboxylic acids is 2. The summed E-state index contributed by atoms with van der Waals surface area (Å²) in [6.45, 7) is 8.06. The summed E-state index contributed by atoms with van der Waals surface area (Å²) in [6, 6.07) is 20.5. The van der Waals surface area contributed by atoms with Crippen molar-refractivity contribution in [2.45, 2.75) is 32.7 Å². The predicted molar refractivity (Wildman–Crippen MR) is 161 cm³/mol. The van der Waals surface area contributed by atoms with Crippen molar-refractivity contribution in [2.75, 3.05) is 25.5 Å². The van der Waals surface area contributed by atoms with Crippen LogP contribution in [0.5, 0.6) is 0 Å². The first-order valence-corrected chi connectivity index (χ1v) is 13.7. The molecule has 0 heterocycles. The topological polar surface area (TPSA) is 83.7 Å². The lowest BCUT2D eigenvalue weighted by molar-refractivity contribution is -0.462. The van der Waals surface area contributed by atoms with Crippen LogP contribution in [-0.2, 0) is 12.0 Å². The summed E-state index contributed by atoms with van der Waals surface area (Å²) in [5.41, 5.74) is 10.0. The maximum absolute atomic E-state index is 11.4. The molecule has 0 saturated carbocycles. The summed E-state index contributed by atoms with van der Waals surface area (Å²) < 4.78 is 2.10. The lowest BCUT2D eigenvalue weighted by Crippen LogP contribution is -2.31. The second-order valence-corrected chi connectivity index (χ2v) is 11.2. The van der Waals surface area contributed by atoms with E-state index in [4.69, 9.17) is 0 Å². The standard InChI is InChI=1S/C35H34N2O4/c1-6-37(21-22-7-9-24(10-8-22)33(38)39)27-16-18-29-31(20-27)35(2,3)30-19-26(36(4)5)15-17-28(30)32(29)23-11-13-25(14-12-23)34(40)41/h7-20H,6,21H2,1-5H3,(H-,38,39,40,41). The Hall–Kier alpha value is -4.71. The minimum atomic E-state index is -1.19. The fraction of sp³-hybridized carbons (Fsp3) is 0.229. The Bertz CT molecular complexity index is 1670. The third-order valence-electron chi connectivity index (χ3n) is 8.14. The number of benzene rings is 3. The normalized spacial score (nSPS) is 15.1. The molecule has 0 radical (unpaired) electrons. The molecule has 41 heavy (non-hydrogen) atoms. The summed E-state index contributed by atoms with van der Waals surface area (Å²) in [5.74, 6) is -2.12. The molecule has 2 aliphatic rings. The van der Waals surface area contributed by atoms with Gasteiger partial charge < -0.3 is 19.9 Å². The van der Waals surface area contributed by atoms with Crippen molar-refractivity contribution in [3.8, 4) is 0 Å². The molecule has 1 N–H and O–H groups in total. The summed E-state index contributed by atoms with van der Waals surface area (Å²) in [7, 11) is 4.07. The zero-order valence-electron chi connectivity index (χ0n) is 24.1. The molecule has 0 fully saturated rings. The fourth-order valence-electron chi connectivity index (χ4n) is 5.74. The minimum absolute atomic E-state index is 0.152. The Morgan fingerprint density at radius 3 is 2.17 bits per heavy atom. The van der Waals surface area contributed by atoms with E-state index in [2.05, 4.69) is 66.7 Å². The third kappa shape index (κ3) is 5.13. The zero-order chi connectivity index (χ0) is 29.5. The van der Waals surface area contributed by atoms with Crippen LogP contribution in [0.4, 0.5) is 5.69 Å². The molecule has 0 amide bonds. The number of fused-ring (bicyclic) bond motifs is 2. The van der Waals surface area contributed by atoms with Crippen LogP contribution in [0, 0.1) is 0 Å². The first-order chi connectivity index (χ1) is 19.5. The van der Waals surface area contributed by atoms with Gasteiger partial charge in [0.2, 0.25) is 0 Å². The molecule has 6 nitrogen and oxygen atoms in total. The Balaban J connectivity index is 1.64. The molecule has 2 aliphatic carbocycles. The summed E-state index contributed by atoms with van der Waals surface area (Å²) >= 11 is 0. The average Bonchev–Trinajstić information content (AvgIpc) is 2.96. The number of rotatable bonds is 7. The molecule has 3 aromatic carbocycles. The van der Waals surface area contributed by atoms with Gasteiger partial charge in [-0.05, 0) is 81.8 Å². The van der Waals surface area contributed by atoms with Crippen LogP contribution in [0.25, 0.3) is 5.57 Å². The minimum Gasteiger partial charge on any atom is -0.545 e. The van der Waals surface area contributed by atoms with Gasteiger partial charge in [0.1, 0.15) is 14.1 Å². The molecule has 0 spiro atoms. The van der Waals surface area contributed by atoms with E-state index in [-0.39, 0.29) is 16.5 Å². The van der Waals surface area contributed by atoms with Gasteiger partial charge in [-0.15, -0.1) is 0 Å². The van der Waals surface area contributed by atoms with Crippen molar-refractivity contribution in [3.63, 3.8) is 0 Å². The van der Waals surface area contributed by atoms with Gasteiger partial charge in [-0.25, -0.2) is 9.37 Å². The molecule has 0 aromatic heterocycles. The molecule has 6 heteroatoms. The van der Waals surface area contributed by atoms with Gasteiger partial charge in [0.25, 0.3) is 0 Å². The number of anilines is 1. The number of hydrogen-bond donors (Lipinski definition) is 1. The van der Waals surface area contributed by atoms with Gasteiger partial charge in [-0.3, -0.25) is 0 Å². The van der Waals surface area contributed by atoms with Crippen molar-refractivity contribution < 1.29 is 24.4 Å². The quantitative estimate of drug-likeness (QED) is 0.418. The zero-order valence-corrected chi connectivity index (χ0v) is 24.1. The Morgan fingerprint density at radius 2 is 1.59 bits per heavy atom. The van der Waals surface area contributed by atoms with E-state index >= 15 is 0 Å². The molecule has 0 bridgehead atoms. The van der Waals surface area contributed by atoms with Crippen LogP contribution < -0.4 is 10.0 Å². The number of nitrogens with zero attached hydrogens (tertiary/aromatic N) is 2. The van der Waals surface area contributed by atoms with Crippen molar-refractivity contribution >= 4 is 28.9 Å². The van der Waals surface area contributed by atoms with Crippen LogP contribution in [-0.4, -0.2) is 48.0 Å². The molecular formula is C35H34N2O4. The second-order valence-electron chi connectivity index (χ2n) is 11.2. The highest BCUT2D eigenvalue weighted by Gasteiger charge is 2.38. The van der Waals surface area contributed by atoms with Gasteiger partial charge in [0.05, 0.1) is 11.5 Å². The van der Waals surface area contributed by atoms with Crippen LogP contribution in [0.2, 0.25) is 0 Å². The van der Waals surface area contributed by atoms with Gasteiger partial charge in [-0.2, -0.15) is 0 Å². The maximum Gasteiger partial charge on any atom is 0.335 e. The molecule has 0 unspecified atom stereocenters. The van der Waals surface area contributed by atoms with Crippen molar-refractivity contribution in [1.29, 1.82) is 0 Å². The lowest BCUT2D eigenvalue weighted by Gasteiger charge is -2.40. The molecule has 208 valence electrons. The first kappa shape index (κ1) is 27.8. The number of hydrogen-bond acceptors (Lipinski definition) is 4. The van der Waals surface area contributed by atoms with Gasteiger partial charge in [-0.1, -0.05) is 56.3 Å². The van der Waals surface area contributed by atoms with Crippen LogP contribution in [0.3, 0.4) is 0 Å². The highest BCUT2D eigenvalue weighted by Crippen LogP contribution is 2.50. The van der Waals surface area contributed by atoms with Crippen LogP contribution in [0.1, 0.15) is 63.7 Å². The van der Waals surface area contributed by atoms with Gasteiger partial charge in [0, 0.05) is 36.3 Å². The summed E-state index contributed by atoms with van der Waals surface area (Å²) in [5, 5.41) is 20.7. The molecule has 3 aromatic rings. The molecular weight excluding hydrogens is 512 g/mol. The van der Waals surface area contributed by atoms with Crippen molar-refractivity contribution in [1.82, 2.24) is 0 Å². The Morgan fingerprint density at radius 1 is 0.927 bits per heavy atom. The van der Waals surface area contributed by atoms with E-state index in [9.17, 15) is 19.8 Å². The van der Waals surface area contributed by atoms with Crippen molar-refractivity contribution in [3.05, 3.63) is 129 Å². The number of carboxylic acid groups (broad SMARTS) is 2. The van der Waals surface area contributed by atoms with Crippen LogP contribution >= 0.6 is 0 Å². The Kier molecular flexibility index (Phi) is 7.26. The summed E-state index contributed by atoms with van der Waals surface area (Å²) in [6.07, 6.45) is 6.55. The van der Waals surface area contributed by atoms with Crippen molar-refractivity contribution in [2.24, 2.45) is 0 Å². The average molecular weight is 547 g/mol. The smallest absolute Gasteiger partial charge is 0.335 e. The fourth-order valence-corrected chi connectivity index (χ4v) is 5.74. The third-order valence-corrected chi connectivity index (χ3v) is 8.14. The van der Waals surface area contributed by atoms with E-state index in [1.165, 1.54) is 11.1 Å². The largest absolute Gasteiger partial charge is 0.545 e. The van der Waals surface area contributed by atoms with Gasteiger partial charge >= 0.3 is 5.97 Å². The SMILES string of the molecule is CCN(Cc1ccc(C(=O)O)cc1)c1ccc2c(c1)C(C)(C)C1=CC(=[N+](C)C)C=CC1=C2c1ccc(C(=O)[O-])cc1. The van der Waals surface area contributed by atoms with Crippen LogP contribution in [0.15, 0.2) is 96.1 Å². The second kappa shape index (κ2) is 10.7. The van der Waals surface area contributed by atoms with Gasteiger partial charge in [0.15, 0.2) is 5.71 Å². The van der Waals surface area contributed by atoms with E-state index < -0.39 is 11.9 Å². The molecule has 0 atom stereocenters. The molecule has 5 rings (SSSR count). The van der Waals surface area contributed by atoms with E-state index in [0.29, 0.717) is 6.54 Å². The van der Waals surface area contributed by atoms with E-state index in [0.717, 1.165) is 45.8 Å². The number of carbonyl (C=O) groups excluding carboxylic acids is 1. The predicted octanol–water partition coefficient (Wildman–Crippen LogP) is 5.08. The van der Waals surface area contributed by atoms with E-state index in [1.54, 1.807) is 24.3 Å².